The molecular formula is C16H26N4O2. The molecule has 1 aromatic heterocycles. The Balaban J connectivity index is 1.47. The first kappa shape index (κ1) is 15.3. The van der Waals surface area contributed by atoms with E-state index in [4.69, 9.17) is 4.74 Å². The van der Waals surface area contributed by atoms with Crippen LogP contribution in [0.15, 0.2) is 12.4 Å². The molecule has 6 heteroatoms. The molecule has 2 aliphatic heterocycles. The third-order valence-corrected chi connectivity index (χ3v) is 4.79. The quantitative estimate of drug-likeness (QED) is 0.920. The molecule has 2 amide bonds. The van der Waals surface area contributed by atoms with Crippen LogP contribution in [0.25, 0.3) is 0 Å². The fraction of sp³-hybridized carbons (Fsp3) is 0.750. The van der Waals surface area contributed by atoms with Crippen LogP contribution in [0.3, 0.4) is 0 Å². The topological polar surface area (TPSA) is 59.4 Å². The number of imidazole rings is 1. The molecule has 22 heavy (non-hydrogen) atoms. The standard InChI is InChI=1S/C16H26N4O2/c1-12(14-4-3-9-22-14)18-16(21)19(2)10-13-5-6-15-17-7-8-20(15)11-13/h7-8,12-14H,3-6,9-11H2,1-2H3,(H,18,21)/t12-,13+,14+/m0/s1. The predicted molar refractivity (Wildman–Crippen MR) is 83.6 cm³/mol. The average molecular weight is 306 g/mol. The van der Waals surface area contributed by atoms with Gasteiger partial charge in [0.1, 0.15) is 5.82 Å². The monoisotopic (exact) mass is 306 g/mol. The van der Waals surface area contributed by atoms with Crippen molar-refractivity contribution in [2.45, 2.75) is 51.3 Å². The molecule has 1 fully saturated rings. The lowest BCUT2D eigenvalue weighted by Crippen LogP contribution is -2.48. The van der Waals surface area contributed by atoms with Gasteiger partial charge in [0.2, 0.25) is 0 Å². The Morgan fingerprint density at radius 3 is 3.23 bits per heavy atom. The van der Waals surface area contributed by atoms with E-state index in [1.165, 1.54) is 0 Å². The largest absolute Gasteiger partial charge is 0.376 e. The third-order valence-electron chi connectivity index (χ3n) is 4.79. The summed E-state index contributed by atoms with van der Waals surface area (Å²) in [6, 6.07) is 0.0727. The molecule has 3 heterocycles. The van der Waals surface area contributed by atoms with E-state index >= 15 is 0 Å². The van der Waals surface area contributed by atoms with Crippen LogP contribution in [-0.2, 0) is 17.7 Å². The first-order valence-electron chi connectivity index (χ1n) is 8.26. The number of carbonyl (C=O) groups is 1. The maximum absolute atomic E-state index is 12.3. The Bertz CT molecular complexity index is 510. The molecule has 0 unspecified atom stereocenters. The van der Waals surface area contributed by atoms with Crippen molar-refractivity contribution in [2.75, 3.05) is 20.2 Å². The van der Waals surface area contributed by atoms with Crippen molar-refractivity contribution in [3.05, 3.63) is 18.2 Å². The molecular weight excluding hydrogens is 280 g/mol. The highest BCUT2D eigenvalue weighted by Gasteiger charge is 2.26. The predicted octanol–water partition coefficient (Wildman–Crippen LogP) is 1.65. The second-order valence-electron chi connectivity index (χ2n) is 6.57. The van der Waals surface area contributed by atoms with Gasteiger partial charge in [-0.3, -0.25) is 0 Å². The van der Waals surface area contributed by atoms with Crippen molar-refractivity contribution in [1.29, 1.82) is 0 Å². The van der Waals surface area contributed by atoms with E-state index in [0.29, 0.717) is 5.92 Å². The highest BCUT2D eigenvalue weighted by atomic mass is 16.5. The minimum atomic E-state index is -0.000530. The van der Waals surface area contributed by atoms with Crippen LogP contribution in [0.2, 0.25) is 0 Å². The first-order valence-corrected chi connectivity index (χ1v) is 8.26. The number of aromatic nitrogens is 2. The van der Waals surface area contributed by atoms with Crippen LogP contribution in [0.4, 0.5) is 4.79 Å². The molecule has 0 saturated carbocycles. The maximum atomic E-state index is 12.3. The van der Waals surface area contributed by atoms with Gasteiger partial charge in [-0.1, -0.05) is 0 Å². The molecule has 0 aromatic carbocycles. The molecule has 0 spiro atoms. The highest BCUT2D eigenvalue weighted by Crippen LogP contribution is 2.20. The Morgan fingerprint density at radius 1 is 1.59 bits per heavy atom. The van der Waals surface area contributed by atoms with E-state index in [-0.39, 0.29) is 18.2 Å². The van der Waals surface area contributed by atoms with Crippen LogP contribution in [-0.4, -0.2) is 52.8 Å². The van der Waals surface area contributed by atoms with Crippen LogP contribution in [0, 0.1) is 5.92 Å². The van der Waals surface area contributed by atoms with Crippen LogP contribution < -0.4 is 5.32 Å². The Morgan fingerprint density at radius 2 is 2.45 bits per heavy atom. The number of rotatable bonds is 4. The minimum absolute atomic E-state index is 0.000530. The molecule has 1 saturated heterocycles. The number of carbonyl (C=O) groups excluding carboxylic acids is 1. The summed E-state index contributed by atoms with van der Waals surface area (Å²) in [6.45, 7) is 4.58. The number of amides is 2. The van der Waals surface area contributed by atoms with E-state index in [9.17, 15) is 4.79 Å². The van der Waals surface area contributed by atoms with Crippen molar-refractivity contribution < 1.29 is 9.53 Å². The van der Waals surface area contributed by atoms with Gasteiger partial charge in [0.05, 0.1) is 12.1 Å². The van der Waals surface area contributed by atoms with Gasteiger partial charge in [0.25, 0.3) is 0 Å². The van der Waals surface area contributed by atoms with Gasteiger partial charge < -0.3 is 19.5 Å². The van der Waals surface area contributed by atoms with E-state index in [0.717, 1.165) is 51.2 Å². The highest BCUT2D eigenvalue weighted by molar-refractivity contribution is 5.74. The zero-order valence-electron chi connectivity index (χ0n) is 13.5. The molecule has 2 aliphatic rings. The van der Waals surface area contributed by atoms with Crippen molar-refractivity contribution in [1.82, 2.24) is 19.8 Å². The van der Waals surface area contributed by atoms with E-state index < -0.39 is 0 Å². The van der Waals surface area contributed by atoms with Crippen LogP contribution in [0.1, 0.15) is 32.0 Å². The molecule has 3 rings (SSSR count). The summed E-state index contributed by atoms with van der Waals surface area (Å²) in [7, 11) is 1.88. The number of fused-ring (bicyclic) bond motifs is 1. The lowest BCUT2D eigenvalue weighted by Gasteiger charge is -2.29. The molecule has 6 nitrogen and oxygen atoms in total. The fourth-order valence-corrected chi connectivity index (χ4v) is 3.45. The Hall–Kier alpha value is -1.56. The lowest BCUT2D eigenvalue weighted by molar-refractivity contribution is 0.0833. The van der Waals surface area contributed by atoms with Gasteiger partial charge in [0, 0.05) is 45.6 Å². The van der Waals surface area contributed by atoms with Crippen LogP contribution in [0.5, 0.6) is 0 Å². The number of aryl methyl sites for hydroxylation is 1. The molecule has 0 aliphatic carbocycles. The van der Waals surface area contributed by atoms with Crippen molar-refractivity contribution >= 4 is 6.03 Å². The molecule has 3 atom stereocenters. The fourth-order valence-electron chi connectivity index (χ4n) is 3.45. The lowest BCUT2D eigenvalue weighted by atomic mass is 9.99. The summed E-state index contributed by atoms with van der Waals surface area (Å²) < 4.78 is 7.84. The second-order valence-corrected chi connectivity index (χ2v) is 6.57. The van der Waals surface area contributed by atoms with E-state index in [1.54, 1.807) is 4.90 Å². The van der Waals surface area contributed by atoms with E-state index in [1.807, 2.05) is 26.4 Å². The molecule has 1 aromatic rings. The number of hydrogen-bond donors (Lipinski definition) is 1. The second kappa shape index (κ2) is 6.69. The summed E-state index contributed by atoms with van der Waals surface area (Å²) in [5.41, 5.74) is 0. The zero-order valence-corrected chi connectivity index (χ0v) is 13.5. The van der Waals surface area contributed by atoms with Gasteiger partial charge in [0.15, 0.2) is 0 Å². The maximum Gasteiger partial charge on any atom is 0.317 e. The Kier molecular flexibility index (Phi) is 4.66. The normalized spacial score (nSPS) is 25.5. The number of hydrogen-bond acceptors (Lipinski definition) is 3. The number of urea groups is 1. The zero-order chi connectivity index (χ0) is 15.5. The van der Waals surface area contributed by atoms with Crippen LogP contribution >= 0.6 is 0 Å². The van der Waals surface area contributed by atoms with Gasteiger partial charge in [-0.05, 0) is 32.1 Å². The molecule has 0 bridgehead atoms. The van der Waals surface area contributed by atoms with Gasteiger partial charge in [-0.2, -0.15) is 0 Å². The summed E-state index contributed by atoms with van der Waals surface area (Å²) in [4.78, 5) is 18.5. The van der Waals surface area contributed by atoms with Gasteiger partial charge in [-0.15, -0.1) is 0 Å². The SMILES string of the molecule is C[C@H](NC(=O)N(C)C[C@H]1CCc2nccn2C1)[C@H]1CCCO1. The smallest absolute Gasteiger partial charge is 0.317 e. The average Bonchev–Trinajstić information content (AvgIpc) is 3.18. The number of nitrogens with zero attached hydrogens (tertiary/aromatic N) is 3. The number of ether oxygens (including phenoxy) is 1. The van der Waals surface area contributed by atoms with Crippen molar-refractivity contribution in [3.63, 3.8) is 0 Å². The molecule has 122 valence electrons. The van der Waals surface area contributed by atoms with Crippen molar-refractivity contribution in [3.8, 4) is 0 Å². The summed E-state index contributed by atoms with van der Waals surface area (Å²) in [5.74, 6) is 1.66. The summed E-state index contributed by atoms with van der Waals surface area (Å²) in [5, 5.41) is 3.07. The van der Waals surface area contributed by atoms with Crippen molar-refractivity contribution in [2.24, 2.45) is 5.92 Å². The van der Waals surface area contributed by atoms with Gasteiger partial charge >= 0.3 is 6.03 Å². The number of nitrogens with one attached hydrogen (secondary N) is 1. The third kappa shape index (κ3) is 3.43. The molecule has 0 radical (unpaired) electrons. The molecule has 1 N–H and O–H groups in total. The first-order chi connectivity index (χ1) is 10.6. The minimum Gasteiger partial charge on any atom is -0.376 e. The van der Waals surface area contributed by atoms with Gasteiger partial charge in [-0.25, -0.2) is 9.78 Å². The van der Waals surface area contributed by atoms with E-state index in [2.05, 4.69) is 14.9 Å². The Labute approximate surface area is 131 Å². The summed E-state index contributed by atoms with van der Waals surface area (Å²) >= 11 is 0. The summed E-state index contributed by atoms with van der Waals surface area (Å²) in [6.07, 6.45) is 8.28.